The number of carbonyl (C=O) groups is 1. The molecule has 0 aliphatic carbocycles. The number of hydrogen-bond donors (Lipinski definition) is 0. The lowest BCUT2D eigenvalue weighted by Crippen LogP contribution is -2.52. The summed E-state index contributed by atoms with van der Waals surface area (Å²) in [5, 5.41) is 0. The second-order valence-electron chi connectivity index (χ2n) is 7.36. The Balaban J connectivity index is 1.61. The molecule has 0 N–H and O–H groups in total. The van der Waals surface area contributed by atoms with Crippen molar-refractivity contribution in [1.82, 2.24) is 4.90 Å². The Morgan fingerprint density at radius 2 is 1.67 bits per heavy atom. The van der Waals surface area contributed by atoms with E-state index in [0.29, 0.717) is 6.42 Å². The van der Waals surface area contributed by atoms with E-state index in [1.807, 2.05) is 43.0 Å². The van der Waals surface area contributed by atoms with Crippen LogP contribution in [0.15, 0.2) is 42.5 Å². The van der Waals surface area contributed by atoms with Gasteiger partial charge in [0, 0.05) is 31.9 Å². The minimum absolute atomic E-state index is 0.0960. The van der Waals surface area contributed by atoms with Crippen LogP contribution in [0.1, 0.15) is 30.0 Å². The summed E-state index contributed by atoms with van der Waals surface area (Å²) in [4.78, 5) is 17.3. The first-order valence-electron chi connectivity index (χ1n) is 9.83. The zero-order valence-corrected chi connectivity index (χ0v) is 16.9. The third-order valence-corrected chi connectivity index (χ3v) is 5.45. The van der Waals surface area contributed by atoms with Gasteiger partial charge in [0.25, 0.3) is 5.91 Å². The van der Waals surface area contributed by atoms with Crippen molar-refractivity contribution in [2.45, 2.75) is 40.2 Å². The van der Waals surface area contributed by atoms with Gasteiger partial charge in [-0.25, -0.2) is 0 Å². The Hall–Kier alpha value is -2.49. The van der Waals surface area contributed by atoms with Gasteiger partial charge >= 0.3 is 0 Å². The molecule has 1 aliphatic rings. The first kappa shape index (κ1) is 19.3. The fourth-order valence-corrected chi connectivity index (χ4v) is 3.54. The molecule has 1 aliphatic heterocycles. The van der Waals surface area contributed by atoms with E-state index in [4.69, 9.17) is 4.74 Å². The number of ether oxygens (including phenoxy) is 1. The molecule has 0 spiro atoms. The molecule has 2 aromatic carbocycles. The smallest absolute Gasteiger partial charge is 0.263 e. The maximum atomic E-state index is 12.9. The summed E-state index contributed by atoms with van der Waals surface area (Å²) in [6, 6.07) is 14.3. The van der Waals surface area contributed by atoms with Gasteiger partial charge in [0.15, 0.2) is 6.10 Å². The monoisotopic (exact) mass is 366 g/mol. The fraction of sp³-hybridized carbons (Fsp3) is 0.435. The van der Waals surface area contributed by atoms with E-state index in [2.05, 4.69) is 36.9 Å². The Kier molecular flexibility index (Phi) is 6.04. The van der Waals surface area contributed by atoms with Crippen molar-refractivity contribution in [3.8, 4) is 5.75 Å². The van der Waals surface area contributed by atoms with Gasteiger partial charge in [0.2, 0.25) is 0 Å². The topological polar surface area (TPSA) is 32.8 Å². The number of rotatable bonds is 5. The van der Waals surface area contributed by atoms with Gasteiger partial charge in [-0.1, -0.05) is 36.8 Å². The molecule has 144 valence electrons. The van der Waals surface area contributed by atoms with Crippen molar-refractivity contribution in [3.63, 3.8) is 0 Å². The van der Waals surface area contributed by atoms with E-state index >= 15 is 0 Å². The Labute approximate surface area is 162 Å². The molecule has 2 aromatic rings. The molecule has 0 radical (unpaired) electrons. The number of benzene rings is 2. The summed E-state index contributed by atoms with van der Waals surface area (Å²) in [6.45, 7) is 11.6. The molecule has 4 nitrogen and oxygen atoms in total. The van der Waals surface area contributed by atoms with Crippen LogP contribution in [0.4, 0.5) is 5.69 Å². The first-order chi connectivity index (χ1) is 13.0. The molecule has 3 rings (SSSR count). The molecule has 0 saturated carbocycles. The summed E-state index contributed by atoms with van der Waals surface area (Å²) in [5.41, 5.74) is 5.10. The highest BCUT2D eigenvalue weighted by Crippen LogP contribution is 2.24. The molecule has 0 aromatic heterocycles. The average Bonchev–Trinajstić information content (AvgIpc) is 2.69. The standard InChI is InChI=1S/C23H30N2O2/c1-5-22(27-20-11-9-17(2)10-12-20)23(26)25-15-13-24(14-16-25)21-8-6-7-18(3)19(21)4/h6-12,22H,5,13-16H2,1-4H3/t22-/m1/s1. The van der Waals surface area contributed by atoms with Crippen molar-refractivity contribution in [2.75, 3.05) is 31.1 Å². The summed E-state index contributed by atoms with van der Waals surface area (Å²) in [7, 11) is 0. The number of nitrogens with zero attached hydrogens (tertiary/aromatic N) is 2. The van der Waals surface area contributed by atoms with E-state index in [0.717, 1.165) is 31.9 Å². The highest BCUT2D eigenvalue weighted by atomic mass is 16.5. The molecule has 1 fully saturated rings. The molecule has 4 heteroatoms. The van der Waals surface area contributed by atoms with Crippen LogP contribution in [0.3, 0.4) is 0 Å². The lowest BCUT2D eigenvalue weighted by molar-refractivity contribution is -0.139. The van der Waals surface area contributed by atoms with Crippen LogP contribution in [-0.4, -0.2) is 43.1 Å². The van der Waals surface area contributed by atoms with E-state index in [1.54, 1.807) is 0 Å². The van der Waals surface area contributed by atoms with E-state index in [-0.39, 0.29) is 5.91 Å². The quantitative estimate of drug-likeness (QED) is 0.798. The molecule has 27 heavy (non-hydrogen) atoms. The van der Waals surface area contributed by atoms with Crippen molar-refractivity contribution >= 4 is 11.6 Å². The number of hydrogen-bond acceptors (Lipinski definition) is 3. The van der Waals surface area contributed by atoms with Crippen LogP contribution >= 0.6 is 0 Å². The third kappa shape index (κ3) is 4.44. The fourth-order valence-electron chi connectivity index (χ4n) is 3.54. The summed E-state index contributed by atoms with van der Waals surface area (Å²) in [5.74, 6) is 0.855. The summed E-state index contributed by atoms with van der Waals surface area (Å²) < 4.78 is 5.98. The van der Waals surface area contributed by atoms with E-state index in [1.165, 1.54) is 22.4 Å². The molecular weight excluding hydrogens is 336 g/mol. The zero-order valence-electron chi connectivity index (χ0n) is 16.9. The first-order valence-corrected chi connectivity index (χ1v) is 9.83. The second kappa shape index (κ2) is 8.47. The zero-order chi connectivity index (χ0) is 19.4. The molecule has 1 heterocycles. The maximum Gasteiger partial charge on any atom is 0.263 e. The molecule has 0 bridgehead atoms. The highest BCUT2D eigenvalue weighted by molar-refractivity contribution is 5.81. The molecule has 0 unspecified atom stereocenters. The van der Waals surface area contributed by atoms with Crippen LogP contribution in [-0.2, 0) is 4.79 Å². The van der Waals surface area contributed by atoms with Gasteiger partial charge in [-0.3, -0.25) is 4.79 Å². The van der Waals surface area contributed by atoms with E-state index < -0.39 is 6.10 Å². The lowest BCUT2D eigenvalue weighted by atomic mass is 10.1. The van der Waals surface area contributed by atoms with Crippen LogP contribution in [0.25, 0.3) is 0 Å². The number of aryl methyl sites for hydroxylation is 2. The van der Waals surface area contributed by atoms with Gasteiger partial charge in [0.1, 0.15) is 5.75 Å². The SMILES string of the molecule is CC[C@@H](Oc1ccc(C)cc1)C(=O)N1CCN(c2cccc(C)c2C)CC1. The number of carbonyl (C=O) groups excluding carboxylic acids is 1. The Bertz CT molecular complexity index is 777. The average molecular weight is 367 g/mol. The number of amides is 1. The summed E-state index contributed by atoms with van der Waals surface area (Å²) in [6.07, 6.45) is 0.254. The van der Waals surface area contributed by atoms with Crippen LogP contribution in [0, 0.1) is 20.8 Å². The number of anilines is 1. The molecule has 1 atom stereocenters. The van der Waals surface area contributed by atoms with Crippen molar-refractivity contribution in [3.05, 3.63) is 59.2 Å². The van der Waals surface area contributed by atoms with Crippen molar-refractivity contribution < 1.29 is 9.53 Å². The van der Waals surface area contributed by atoms with E-state index in [9.17, 15) is 4.79 Å². The van der Waals surface area contributed by atoms with Crippen LogP contribution in [0.5, 0.6) is 5.75 Å². The van der Waals surface area contributed by atoms with Gasteiger partial charge in [-0.05, 0) is 56.5 Å². The normalized spacial score (nSPS) is 15.6. The predicted molar refractivity (Wildman–Crippen MR) is 111 cm³/mol. The Morgan fingerprint density at radius 3 is 2.30 bits per heavy atom. The second-order valence-corrected chi connectivity index (χ2v) is 7.36. The van der Waals surface area contributed by atoms with Crippen LogP contribution < -0.4 is 9.64 Å². The maximum absolute atomic E-state index is 12.9. The predicted octanol–water partition coefficient (Wildman–Crippen LogP) is 4.12. The van der Waals surface area contributed by atoms with Gasteiger partial charge in [-0.2, -0.15) is 0 Å². The molecule has 1 saturated heterocycles. The van der Waals surface area contributed by atoms with Crippen molar-refractivity contribution in [2.24, 2.45) is 0 Å². The van der Waals surface area contributed by atoms with Crippen molar-refractivity contribution in [1.29, 1.82) is 0 Å². The van der Waals surface area contributed by atoms with Crippen LogP contribution in [0.2, 0.25) is 0 Å². The van der Waals surface area contributed by atoms with Gasteiger partial charge in [-0.15, -0.1) is 0 Å². The largest absolute Gasteiger partial charge is 0.481 e. The lowest BCUT2D eigenvalue weighted by Gasteiger charge is -2.38. The number of piperazine rings is 1. The molecular formula is C23H30N2O2. The van der Waals surface area contributed by atoms with Gasteiger partial charge in [0.05, 0.1) is 0 Å². The Morgan fingerprint density at radius 1 is 1.00 bits per heavy atom. The third-order valence-electron chi connectivity index (χ3n) is 5.45. The minimum Gasteiger partial charge on any atom is -0.481 e. The minimum atomic E-state index is -0.417. The molecule has 1 amide bonds. The van der Waals surface area contributed by atoms with Gasteiger partial charge < -0.3 is 14.5 Å². The summed E-state index contributed by atoms with van der Waals surface area (Å²) >= 11 is 0. The highest BCUT2D eigenvalue weighted by Gasteiger charge is 2.28.